The van der Waals surface area contributed by atoms with Gasteiger partial charge in [-0.2, -0.15) is 0 Å². The van der Waals surface area contributed by atoms with Crippen molar-refractivity contribution in [3.05, 3.63) is 66.1 Å². The van der Waals surface area contributed by atoms with E-state index in [1.807, 2.05) is 41.1 Å². The summed E-state index contributed by atoms with van der Waals surface area (Å²) < 4.78 is 1.97. The summed E-state index contributed by atoms with van der Waals surface area (Å²) in [6, 6.07) is 14.2. The Hall–Kier alpha value is -2.20. The van der Waals surface area contributed by atoms with E-state index in [0.717, 1.165) is 21.7 Å². The third kappa shape index (κ3) is 3.17. The number of imidazole rings is 1. The minimum Gasteiger partial charge on any atom is -0.337 e. The Balaban J connectivity index is 1.78. The number of carbonyl (C=O) groups excluding carboxylic acids is 1. The SMILES string of the molecule is CCC(Cn1ccnc1)C(=O)c1ccc(-c2ccccc2)s1. The highest BCUT2D eigenvalue weighted by molar-refractivity contribution is 7.17. The summed E-state index contributed by atoms with van der Waals surface area (Å²) in [6.07, 6.45) is 6.24. The molecule has 0 bridgehead atoms. The minimum atomic E-state index is -0.00327. The van der Waals surface area contributed by atoms with Crippen LogP contribution in [0.15, 0.2) is 61.2 Å². The molecule has 1 atom stereocenters. The summed E-state index contributed by atoms with van der Waals surface area (Å²) in [7, 11) is 0. The zero-order chi connectivity index (χ0) is 15.4. The van der Waals surface area contributed by atoms with E-state index < -0.39 is 0 Å². The van der Waals surface area contributed by atoms with E-state index in [0.29, 0.717) is 6.54 Å². The molecule has 22 heavy (non-hydrogen) atoms. The molecule has 0 radical (unpaired) electrons. The number of hydrogen-bond acceptors (Lipinski definition) is 3. The lowest BCUT2D eigenvalue weighted by molar-refractivity contribution is 0.0907. The van der Waals surface area contributed by atoms with Gasteiger partial charge in [0.2, 0.25) is 0 Å². The van der Waals surface area contributed by atoms with Crippen LogP contribution >= 0.6 is 11.3 Å². The Kier molecular flexibility index (Phi) is 4.49. The fraction of sp³-hybridized carbons (Fsp3) is 0.222. The van der Waals surface area contributed by atoms with E-state index >= 15 is 0 Å². The molecule has 1 aromatic carbocycles. The average Bonchev–Trinajstić information content (AvgIpc) is 3.24. The first-order valence-electron chi connectivity index (χ1n) is 7.43. The van der Waals surface area contributed by atoms with Gasteiger partial charge in [0.1, 0.15) is 0 Å². The molecule has 1 unspecified atom stereocenters. The van der Waals surface area contributed by atoms with Gasteiger partial charge in [0.15, 0.2) is 5.78 Å². The smallest absolute Gasteiger partial charge is 0.177 e. The average molecular weight is 310 g/mol. The molecule has 0 aliphatic carbocycles. The summed E-state index contributed by atoms with van der Waals surface area (Å²) in [5.41, 5.74) is 1.16. The fourth-order valence-corrected chi connectivity index (χ4v) is 3.51. The van der Waals surface area contributed by atoms with Crippen LogP contribution in [0.2, 0.25) is 0 Å². The molecule has 0 saturated carbocycles. The van der Waals surface area contributed by atoms with Gasteiger partial charge in [-0.15, -0.1) is 11.3 Å². The van der Waals surface area contributed by atoms with Crippen molar-refractivity contribution in [1.29, 1.82) is 0 Å². The molecule has 112 valence electrons. The maximum absolute atomic E-state index is 12.7. The van der Waals surface area contributed by atoms with E-state index in [4.69, 9.17) is 0 Å². The molecule has 2 heterocycles. The predicted molar refractivity (Wildman–Crippen MR) is 90.1 cm³/mol. The molecule has 3 rings (SSSR count). The number of Topliss-reactive ketones (excluding diaryl/α,β-unsaturated/α-hetero) is 1. The Bertz CT molecular complexity index is 732. The van der Waals surface area contributed by atoms with Gasteiger partial charge in [-0.3, -0.25) is 4.79 Å². The van der Waals surface area contributed by atoms with Crippen LogP contribution < -0.4 is 0 Å². The second-order valence-corrected chi connectivity index (χ2v) is 6.34. The molecule has 0 fully saturated rings. The third-order valence-corrected chi connectivity index (χ3v) is 4.91. The molecule has 2 aromatic heterocycles. The molecule has 0 aliphatic heterocycles. The molecule has 3 nitrogen and oxygen atoms in total. The number of hydrogen-bond donors (Lipinski definition) is 0. The molecular formula is C18H18N2OS. The van der Waals surface area contributed by atoms with Crippen LogP contribution in [0.25, 0.3) is 10.4 Å². The van der Waals surface area contributed by atoms with E-state index in [9.17, 15) is 4.79 Å². The predicted octanol–water partition coefficient (Wildman–Crippen LogP) is 4.52. The number of aromatic nitrogens is 2. The molecule has 0 spiro atoms. The van der Waals surface area contributed by atoms with Crippen molar-refractivity contribution >= 4 is 17.1 Å². The van der Waals surface area contributed by atoms with Crippen LogP contribution in [-0.2, 0) is 6.54 Å². The van der Waals surface area contributed by atoms with Gasteiger partial charge in [0.25, 0.3) is 0 Å². The molecule has 4 heteroatoms. The summed E-state index contributed by atoms with van der Waals surface area (Å²) in [5.74, 6) is 0.222. The molecule has 0 aliphatic rings. The monoisotopic (exact) mass is 310 g/mol. The molecule has 0 N–H and O–H groups in total. The minimum absolute atomic E-state index is 0.00327. The standard InChI is InChI=1S/C18H18N2OS/c1-2-14(12-20-11-10-19-13-20)18(21)17-9-8-16(22-17)15-6-4-3-5-7-15/h3-11,13-14H,2,12H2,1H3. The lowest BCUT2D eigenvalue weighted by atomic mass is 10.00. The molecule has 0 amide bonds. The summed E-state index contributed by atoms with van der Waals surface area (Å²) in [4.78, 5) is 18.7. The van der Waals surface area contributed by atoms with Crippen LogP contribution in [0.4, 0.5) is 0 Å². The van der Waals surface area contributed by atoms with Crippen molar-refractivity contribution in [2.24, 2.45) is 5.92 Å². The van der Waals surface area contributed by atoms with Gasteiger partial charge in [0, 0.05) is 29.7 Å². The second kappa shape index (κ2) is 6.71. The highest BCUT2D eigenvalue weighted by Gasteiger charge is 2.20. The van der Waals surface area contributed by atoms with Crippen molar-refractivity contribution in [3.8, 4) is 10.4 Å². The maximum Gasteiger partial charge on any atom is 0.177 e. The molecular weight excluding hydrogens is 292 g/mol. The number of rotatable bonds is 6. The highest BCUT2D eigenvalue weighted by Crippen LogP contribution is 2.30. The fourth-order valence-electron chi connectivity index (χ4n) is 2.48. The van der Waals surface area contributed by atoms with Gasteiger partial charge in [-0.1, -0.05) is 37.3 Å². The number of thiophene rings is 1. The van der Waals surface area contributed by atoms with Crippen LogP contribution in [0.1, 0.15) is 23.0 Å². The van der Waals surface area contributed by atoms with Gasteiger partial charge in [-0.05, 0) is 24.1 Å². The Morgan fingerprint density at radius 3 is 2.73 bits per heavy atom. The maximum atomic E-state index is 12.7. The lowest BCUT2D eigenvalue weighted by Crippen LogP contribution is -2.18. The second-order valence-electron chi connectivity index (χ2n) is 5.26. The quantitative estimate of drug-likeness (QED) is 0.627. The van der Waals surface area contributed by atoms with Crippen LogP contribution in [0, 0.1) is 5.92 Å². The first-order chi connectivity index (χ1) is 10.8. The van der Waals surface area contributed by atoms with Gasteiger partial charge in [0.05, 0.1) is 11.2 Å². The Morgan fingerprint density at radius 1 is 1.23 bits per heavy atom. The van der Waals surface area contributed by atoms with Gasteiger partial charge in [-0.25, -0.2) is 4.98 Å². The van der Waals surface area contributed by atoms with Gasteiger partial charge >= 0.3 is 0 Å². The first-order valence-corrected chi connectivity index (χ1v) is 8.24. The number of carbonyl (C=O) groups is 1. The van der Waals surface area contributed by atoms with Crippen molar-refractivity contribution < 1.29 is 4.79 Å². The molecule has 0 saturated heterocycles. The normalized spacial score (nSPS) is 12.2. The Labute approximate surface area is 134 Å². The number of benzene rings is 1. The largest absolute Gasteiger partial charge is 0.337 e. The van der Waals surface area contributed by atoms with Crippen LogP contribution in [0.3, 0.4) is 0 Å². The van der Waals surface area contributed by atoms with Crippen molar-refractivity contribution in [2.75, 3.05) is 0 Å². The number of nitrogens with zero attached hydrogens (tertiary/aromatic N) is 2. The van der Waals surface area contributed by atoms with Crippen LogP contribution in [0.5, 0.6) is 0 Å². The summed E-state index contributed by atoms with van der Waals surface area (Å²) >= 11 is 1.58. The van der Waals surface area contributed by atoms with Crippen LogP contribution in [-0.4, -0.2) is 15.3 Å². The van der Waals surface area contributed by atoms with Gasteiger partial charge < -0.3 is 4.57 Å². The van der Waals surface area contributed by atoms with Crippen molar-refractivity contribution in [2.45, 2.75) is 19.9 Å². The van der Waals surface area contributed by atoms with E-state index in [1.165, 1.54) is 0 Å². The Morgan fingerprint density at radius 2 is 2.05 bits per heavy atom. The first kappa shape index (κ1) is 14.7. The lowest BCUT2D eigenvalue weighted by Gasteiger charge is -2.13. The van der Waals surface area contributed by atoms with E-state index in [-0.39, 0.29) is 11.7 Å². The number of ketones is 1. The summed E-state index contributed by atoms with van der Waals surface area (Å²) in [6.45, 7) is 2.75. The summed E-state index contributed by atoms with van der Waals surface area (Å²) in [5, 5.41) is 0. The zero-order valence-electron chi connectivity index (χ0n) is 12.5. The highest BCUT2D eigenvalue weighted by atomic mass is 32.1. The molecule has 3 aromatic rings. The van der Waals surface area contributed by atoms with E-state index in [1.54, 1.807) is 23.9 Å². The topological polar surface area (TPSA) is 34.9 Å². The van der Waals surface area contributed by atoms with Crippen molar-refractivity contribution in [1.82, 2.24) is 9.55 Å². The third-order valence-electron chi connectivity index (χ3n) is 3.76. The zero-order valence-corrected chi connectivity index (χ0v) is 13.3. The van der Waals surface area contributed by atoms with Crippen molar-refractivity contribution in [3.63, 3.8) is 0 Å². The van der Waals surface area contributed by atoms with E-state index in [2.05, 4.69) is 24.0 Å².